The second-order valence-electron chi connectivity index (χ2n) is 5.53. The summed E-state index contributed by atoms with van der Waals surface area (Å²) in [5, 5.41) is 0. The summed E-state index contributed by atoms with van der Waals surface area (Å²) in [5.74, 6) is 0.374. The van der Waals surface area contributed by atoms with Crippen molar-refractivity contribution in [1.29, 1.82) is 0 Å². The van der Waals surface area contributed by atoms with Crippen LogP contribution in [0.25, 0.3) is 0 Å². The van der Waals surface area contributed by atoms with Gasteiger partial charge < -0.3 is 0 Å². The van der Waals surface area contributed by atoms with E-state index in [-0.39, 0.29) is 11.6 Å². The molecular formula is C14H24O2. The minimum atomic E-state index is -0.654. The second-order valence-corrected chi connectivity index (χ2v) is 5.53. The van der Waals surface area contributed by atoms with Crippen LogP contribution in [0, 0.1) is 10.8 Å². The van der Waals surface area contributed by atoms with Crippen LogP contribution >= 0.6 is 0 Å². The molecule has 0 unspecified atom stereocenters. The first-order chi connectivity index (χ1) is 7.43. The maximum absolute atomic E-state index is 12.2. The molecule has 0 aliphatic heterocycles. The zero-order valence-electron chi connectivity index (χ0n) is 11.1. The number of Topliss-reactive ketones (excluding diaryl/α,β-unsaturated/α-hetero) is 2. The molecule has 0 N–H and O–H groups in total. The number of unbranched alkanes of at least 4 members (excludes halogenated alkanes) is 2. The first-order valence-corrected chi connectivity index (χ1v) is 6.53. The fourth-order valence-corrected chi connectivity index (χ4v) is 2.88. The Labute approximate surface area is 98.8 Å². The van der Waals surface area contributed by atoms with Gasteiger partial charge >= 0.3 is 0 Å². The van der Waals surface area contributed by atoms with Gasteiger partial charge in [-0.15, -0.1) is 0 Å². The van der Waals surface area contributed by atoms with Crippen LogP contribution in [-0.2, 0) is 9.59 Å². The van der Waals surface area contributed by atoms with Crippen molar-refractivity contribution in [2.45, 2.75) is 66.2 Å². The molecule has 0 saturated heterocycles. The third-order valence-electron chi connectivity index (χ3n) is 4.07. The van der Waals surface area contributed by atoms with Crippen molar-refractivity contribution < 1.29 is 9.59 Å². The maximum atomic E-state index is 12.2. The standard InChI is InChI=1S/C14H24O2/c1-5-7-9-13(3)11(15)14(4,12(13)16)10-8-6-2/h5-10H2,1-4H3. The van der Waals surface area contributed by atoms with E-state index in [1.807, 2.05) is 13.8 Å². The van der Waals surface area contributed by atoms with Crippen LogP contribution in [0.15, 0.2) is 0 Å². The van der Waals surface area contributed by atoms with Crippen LogP contribution in [-0.4, -0.2) is 11.6 Å². The monoisotopic (exact) mass is 224 g/mol. The summed E-state index contributed by atoms with van der Waals surface area (Å²) in [7, 11) is 0. The molecule has 1 rings (SSSR count). The maximum Gasteiger partial charge on any atom is 0.159 e. The zero-order chi connectivity index (χ0) is 12.4. The van der Waals surface area contributed by atoms with Crippen molar-refractivity contribution in [3.63, 3.8) is 0 Å². The average Bonchev–Trinajstić information content (AvgIpc) is 2.31. The predicted octanol–water partition coefficient (Wildman–Crippen LogP) is 3.53. The minimum Gasteiger partial charge on any atom is -0.297 e. The lowest BCUT2D eigenvalue weighted by Gasteiger charge is -2.49. The first-order valence-electron chi connectivity index (χ1n) is 6.53. The molecule has 0 aromatic carbocycles. The number of hydrogen-bond donors (Lipinski definition) is 0. The van der Waals surface area contributed by atoms with Gasteiger partial charge in [0.25, 0.3) is 0 Å². The van der Waals surface area contributed by atoms with E-state index in [4.69, 9.17) is 0 Å². The number of hydrogen-bond acceptors (Lipinski definition) is 2. The van der Waals surface area contributed by atoms with E-state index in [1.54, 1.807) is 0 Å². The molecule has 2 nitrogen and oxygen atoms in total. The molecule has 0 amide bonds. The van der Waals surface area contributed by atoms with Crippen molar-refractivity contribution in [3.8, 4) is 0 Å². The van der Waals surface area contributed by atoms with Gasteiger partial charge in [-0.25, -0.2) is 0 Å². The molecule has 1 saturated carbocycles. The van der Waals surface area contributed by atoms with E-state index in [2.05, 4.69) is 13.8 Å². The fraction of sp³-hybridized carbons (Fsp3) is 0.857. The molecule has 0 atom stereocenters. The Kier molecular flexibility index (Phi) is 3.92. The summed E-state index contributed by atoms with van der Waals surface area (Å²) >= 11 is 0. The predicted molar refractivity (Wildman–Crippen MR) is 65.3 cm³/mol. The van der Waals surface area contributed by atoms with Gasteiger partial charge in [-0.1, -0.05) is 39.5 Å². The Morgan fingerprint density at radius 3 is 1.38 bits per heavy atom. The lowest BCUT2D eigenvalue weighted by Crippen LogP contribution is -2.64. The van der Waals surface area contributed by atoms with Crippen LogP contribution in [0.2, 0.25) is 0 Å². The van der Waals surface area contributed by atoms with Crippen molar-refractivity contribution in [1.82, 2.24) is 0 Å². The molecule has 2 heteroatoms. The first kappa shape index (κ1) is 13.4. The zero-order valence-corrected chi connectivity index (χ0v) is 11.1. The third kappa shape index (κ3) is 1.83. The molecule has 0 bridgehead atoms. The lowest BCUT2D eigenvalue weighted by atomic mass is 9.49. The number of carbonyl (C=O) groups excluding carboxylic acids is 2. The van der Waals surface area contributed by atoms with E-state index in [1.165, 1.54) is 0 Å². The topological polar surface area (TPSA) is 34.1 Å². The van der Waals surface area contributed by atoms with Crippen molar-refractivity contribution in [3.05, 3.63) is 0 Å². The summed E-state index contributed by atoms with van der Waals surface area (Å²) < 4.78 is 0. The number of rotatable bonds is 6. The molecule has 0 heterocycles. The average molecular weight is 224 g/mol. The van der Waals surface area contributed by atoms with Crippen LogP contribution < -0.4 is 0 Å². The molecule has 1 aliphatic rings. The minimum absolute atomic E-state index is 0.187. The Morgan fingerprint density at radius 1 is 0.812 bits per heavy atom. The van der Waals surface area contributed by atoms with Gasteiger partial charge in [0, 0.05) is 0 Å². The third-order valence-corrected chi connectivity index (χ3v) is 4.07. The largest absolute Gasteiger partial charge is 0.297 e. The highest BCUT2D eigenvalue weighted by atomic mass is 16.2. The molecule has 92 valence electrons. The van der Waals surface area contributed by atoms with Crippen LogP contribution in [0.5, 0.6) is 0 Å². The Morgan fingerprint density at radius 2 is 1.12 bits per heavy atom. The highest BCUT2D eigenvalue weighted by molar-refractivity contribution is 6.30. The van der Waals surface area contributed by atoms with Gasteiger partial charge in [0.1, 0.15) is 0 Å². The van der Waals surface area contributed by atoms with Gasteiger partial charge in [0.2, 0.25) is 0 Å². The second kappa shape index (κ2) is 4.68. The van der Waals surface area contributed by atoms with E-state index in [9.17, 15) is 9.59 Å². The van der Waals surface area contributed by atoms with Crippen LogP contribution in [0.1, 0.15) is 66.2 Å². The van der Waals surface area contributed by atoms with Gasteiger partial charge in [-0.05, 0) is 26.7 Å². The Balaban J connectivity index is 2.70. The fourth-order valence-electron chi connectivity index (χ4n) is 2.88. The van der Waals surface area contributed by atoms with E-state index < -0.39 is 10.8 Å². The number of ketones is 2. The van der Waals surface area contributed by atoms with E-state index in [0.29, 0.717) is 0 Å². The molecule has 0 spiro atoms. The van der Waals surface area contributed by atoms with Crippen LogP contribution in [0.3, 0.4) is 0 Å². The summed E-state index contributed by atoms with van der Waals surface area (Å²) in [4.78, 5) is 24.4. The van der Waals surface area contributed by atoms with Gasteiger partial charge in [0.15, 0.2) is 11.6 Å². The quantitative estimate of drug-likeness (QED) is 0.647. The van der Waals surface area contributed by atoms with E-state index in [0.717, 1.165) is 38.5 Å². The van der Waals surface area contributed by atoms with Crippen LogP contribution in [0.4, 0.5) is 0 Å². The summed E-state index contributed by atoms with van der Waals surface area (Å²) in [6, 6.07) is 0. The van der Waals surface area contributed by atoms with Crippen molar-refractivity contribution >= 4 is 11.6 Å². The molecule has 1 aliphatic carbocycles. The summed E-state index contributed by atoms with van der Waals surface area (Å²) in [6.45, 7) is 7.85. The summed E-state index contributed by atoms with van der Waals surface area (Å²) in [5.41, 5.74) is -1.31. The molecule has 0 aromatic heterocycles. The normalized spacial score (nSPS) is 34.0. The smallest absolute Gasteiger partial charge is 0.159 e. The highest BCUT2D eigenvalue weighted by Crippen LogP contribution is 2.52. The molecular weight excluding hydrogens is 200 g/mol. The van der Waals surface area contributed by atoms with Gasteiger partial charge in [0.05, 0.1) is 10.8 Å². The molecule has 0 aromatic rings. The van der Waals surface area contributed by atoms with Gasteiger partial charge in [-0.3, -0.25) is 9.59 Å². The van der Waals surface area contributed by atoms with Gasteiger partial charge in [-0.2, -0.15) is 0 Å². The van der Waals surface area contributed by atoms with Crippen molar-refractivity contribution in [2.24, 2.45) is 10.8 Å². The van der Waals surface area contributed by atoms with E-state index >= 15 is 0 Å². The summed E-state index contributed by atoms with van der Waals surface area (Å²) in [6.07, 6.45) is 5.51. The Bertz CT molecular complexity index is 249. The highest BCUT2D eigenvalue weighted by Gasteiger charge is 2.64. The Hall–Kier alpha value is -0.660. The molecule has 1 fully saturated rings. The lowest BCUT2D eigenvalue weighted by molar-refractivity contribution is -0.170. The molecule has 16 heavy (non-hydrogen) atoms. The number of carbonyl (C=O) groups is 2. The molecule has 0 radical (unpaired) electrons. The van der Waals surface area contributed by atoms with Crippen molar-refractivity contribution in [2.75, 3.05) is 0 Å². The SMILES string of the molecule is CCCCC1(C)C(=O)C(C)(CCCC)C1=O.